The summed E-state index contributed by atoms with van der Waals surface area (Å²) in [6.45, 7) is 19.6. The normalized spacial score (nSPS) is 17.1. The van der Waals surface area contributed by atoms with Gasteiger partial charge in [0, 0.05) is 27.6 Å². The van der Waals surface area contributed by atoms with E-state index in [1.165, 1.54) is 27.7 Å². The zero-order valence-electron chi connectivity index (χ0n) is 62.0. The van der Waals surface area contributed by atoms with Crippen molar-refractivity contribution in [3.63, 3.8) is 0 Å². The van der Waals surface area contributed by atoms with Gasteiger partial charge in [0.25, 0.3) is 0 Å². The van der Waals surface area contributed by atoms with E-state index in [2.05, 4.69) is 0 Å². The van der Waals surface area contributed by atoms with Crippen LogP contribution in [0.5, 0.6) is 0 Å². The summed E-state index contributed by atoms with van der Waals surface area (Å²) in [7, 11) is 0. The fraction of sp³-hybridized carbons (Fsp3) is 0.200. The molecule has 1 heterocycles. The maximum Gasteiger partial charge on any atom is 0.143 e. The van der Waals surface area contributed by atoms with Crippen LogP contribution in [0.25, 0.3) is 77.2 Å². The second-order valence-corrected chi connectivity index (χ2v) is 17.3. The van der Waals surface area contributed by atoms with Crippen molar-refractivity contribution in [2.75, 3.05) is 0 Å². The van der Waals surface area contributed by atoms with E-state index < -0.39 is 143 Å². The summed E-state index contributed by atoms with van der Waals surface area (Å²) in [5, 5.41) is -1.13. The number of benzene rings is 9. The molecule has 0 N–H and O–H groups in total. The molecule has 1 aromatic heterocycles. The fourth-order valence-electron chi connectivity index (χ4n) is 9.15. The van der Waals surface area contributed by atoms with Gasteiger partial charge in [0.1, 0.15) is 11.2 Å². The van der Waals surface area contributed by atoms with Crippen molar-refractivity contribution in [3.8, 4) is 44.5 Å². The Morgan fingerprint density at radius 2 is 0.985 bits per heavy atom. The second kappa shape index (κ2) is 16.5. The molecule has 1 heteroatoms. The fourth-order valence-corrected chi connectivity index (χ4v) is 9.15. The number of furan rings is 1. The minimum Gasteiger partial charge on any atom is -0.455 e. The average Bonchev–Trinajstić information content (AvgIpc) is 1.70. The predicted molar refractivity (Wildman–Crippen MR) is 284 cm³/mol. The maximum absolute atomic E-state index is 10.3. The average molecular weight is 880 g/mol. The molecule has 1 nitrogen and oxygen atoms in total. The van der Waals surface area contributed by atoms with Gasteiger partial charge in [-0.3, -0.25) is 0 Å². The van der Waals surface area contributed by atoms with E-state index in [1.807, 2.05) is 13.8 Å². The molecule has 0 aliphatic carbocycles. The van der Waals surface area contributed by atoms with Gasteiger partial charge in [0.15, 0.2) is 0 Å². The summed E-state index contributed by atoms with van der Waals surface area (Å²) in [6, 6.07) is -12.2. The monoisotopic (exact) mass is 880 g/mol. The SMILES string of the molecule is [2H]c1c([2H])c(C)c(C)c(-c2c([2H])c(-c3c(C)c4c(oc5c(-c6c([2H])c([2H])c(C(c7c([2H])c([2H])c([2H])c(C)c7C)c7c([2H])c(C)c(C)c(C)c7C)c(C)c6[2H])c([2H])c([2H])c([2H])c54)c4c([2H])c([2H])c([2H])c([2H])c34)c([2H])c(-c3c([2H])c([2H])c(C)c([2H])c3[2H])c2C)c1[2H]. The highest BCUT2D eigenvalue weighted by Gasteiger charge is 2.26. The molecule has 0 aliphatic rings. The van der Waals surface area contributed by atoms with E-state index in [0.717, 1.165) is 11.1 Å². The van der Waals surface area contributed by atoms with Crippen LogP contribution in [-0.2, 0) is 0 Å². The Labute approximate surface area is 424 Å². The molecule has 10 rings (SSSR count). The van der Waals surface area contributed by atoms with E-state index >= 15 is 0 Å². The van der Waals surface area contributed by atoms with E-state index in [0.29, 0.717) is 27.8 Å². The van der Waals surface area contributed by atoms with Crippen molar-refractivity contribution in [1.82, 2.24) is 0 Å². The Morgan fingerprint density at radius 3 is 1.74 bits per heavy atom. The molecule has 9 aromatic carbocycles. The first-order valence-corrected chi connectivity index (χ1v) is 21.8. The van der Waals surface area contributed by atoms with Crippen LogP contribution in [-0.4, -0.2) is 0 Å². The number of hydrogen-bond donors (Lipinski definition) is 0. The Balaban J connectivity index is 1.42. The molecule has 0 bridgehead atoms. The predicted octanol–water partition coefficient (Wildman–Crippen LogP) is 18.3. The number of rotatable bonds is 7. The van der Waals surface area contributed by atoms with Crippen LogP contribution >= 0.6 is 0 Å². The number of hydrogen-bond acceptors (Lipinski definition) is 1. The Kier molecular flexibility index (Phi) is 5.99. The molecule has 66 heavy (non-hydrogen) atoms. The van der Waals surface area contributed by atoms with Gasteiger partial charge in [-0.05, 0) is 217 Å². The zero-order chi connectivity index (χ0) is 66.3. The van der Waals surface area contributed by atoms with Crippen LogP contribution in [0, 0.1) is 83.1 Å². The van der Waals surface area contributed by atoms with E-state index in [1.54, 1.807) is 41.5 Å². The molecule has 0 amide bonds. The highest BCUT2D eigenvalue weighted by atomic mass is 16.3. The molecular weight excluding hydrogens is 797 g/mol. The lowest BCUT2D eigenvalue weighted by Crippen LogP contribution is -2.11. The third-order valence-electron chi connectivity index (χ3n) is 13.5. The largest absolute Gasteiger partial charge is 0.455 e. The van der Waals surface area contributed by atoms with Crippen molar-refractivity contribution in [2.45, 2.75) is 89.0 Å². The lowest BCUT2D eigenvalue weighted by atomic mass is 9.76. The number of para-hydroxylation sites is 1. The minimum absolute atomic E-state index is 0.00980. The molecule has 1 unspecified atom stereocenters. The first kappa shape index (κ1) is 24.0. The summed E-state index contributed by atoms with van der Waals surface area (Å²) >= 11 is 0. The highest BCUT2D eigenvalue weighted by molar-refractivity contribution is 6.22. The van der Waals surface area contributed by atoms with E-state index in [-0.39, 0.29) is 124 Å². The summed E-state index contributed by atoms with van der Waals surface area (Å²) in [6.07, 6.45) is 0. The summed E-state index contributed by atoms with van der Waals surface area (Å²) in [5.74, 6) is -1.24. The van der Waals surface area contributed by atoms with Crippen LogP contribution in [0.3, 0.4) is 0 Å². The molecule has 0 aliphatic heterocycles. The molecule has 0 fully saturated rings. The zero-order valence-corrected chi connectivity index (χ0v) is 39.0. The molecule has 0 saturated carbocycles. The van der Waals surface area contributed by atoms with Crippen LogP contribution < -0.4 is 0 Å². The smallest absolute Gasteiger partial charge is 0.143 e. The molecular formula is C65H60O. The molecule has 10 aromatic rings. The summed E-state index contributed by atoms with van der Waals surface area (Å²) < 4.78 is 224. The third kappa shape index (κ3) is 6.91. The maximum atomic E-state index is 10.3. The minimum atomic E-state index is -1.24. The first-order valence-electron chi connectivity index (χ1n) is 33.3. The Bertz CT molecular complexity index is 4640. The molecule has 0 spiro atoms. The van der Waals surface area contributed by atoms with Gasteiger partial charge in [-0.15, -0.1) is 0 Å². The van der Waals surface area contributed by atoms with Gasteiger partial charge in [-0.25, -0.2) is 0 Å². The standard InChI is InChI=1S/C65H60O/c1-36-26-28-48(29-27-36)58-34-50(35-59(46(58)11)52-22-15-18-37(2)42(52)7)61-47(12)62-57-25-17-24-54(64(57)66-65(62)56-21-14-13-20-55(56)61)49-30-31-51(40(5)32-49)63(53-23-16-19-38(3)43(53)8)60-33-39(4)41(6)44(9)45(60)10/h13-35,63H,1-12H3/i13D,14D,15D,16D,17D,18D,19D,20D,21D,22D,23D,24D,25D,26D,27D,28D,29D,30D,31D,32D,33D,34D,35D. The Hall–Kier alpha value is -6.96. The number of aryl methyl sites for hydroxylation is 1. The van der Waals surface area contributed by atoms with Crippen LogP contribution in [0.1, 0.15) is 121 Å². The van der Waals surface area contributed by atoms with Gasteiger partial charge >= 0.3 is 0 Å². The van der Waals surface area contributed by atoms with E-state index in [4.69, 9.17) is 15.4 Å². The van der Waals surface area contributed by atoms with Gasteiger partial charge in [0.2, 0.25) is 0 Å². The van der Waals surface area contributed by atoms with Crippen LogP contribution in [0.2, 0.25) is 0 Å². The molecule has 1 atom stereocenters. The molecule has 0 radical (unpaired) electrons. The topological polar surface area (TPSA) is 13.1 Å². The molecule has 326 valence electrons. The first-order chi connectivity index (χ1) is 41.4. The van der Waals surface area contributed by atoms with Crippen molar-refractivity contribution >= 4 is 32.7 Å². The summed E-state index contributed by atoms with van der Waals surface area (Å²) in [5.41, 5.74) is 1.58. The van der Waals surface area contributed by atoms with Gasteiger partial charge in [0.05, 0.1) is 31.5 Å². The van der Waals surface area contributed by atoms with Crippen LogP contribution in [0.15, 0.2) is 143 Å². The van der Waals surface area contributed by atoms with Gasteiger partial charge in [-0.1, -0.05) is 132 Å². The third-order valence-corrected chi connectivity index (χ3v) is 13.5. The van der Waals surface area contributed by atoms with Crippen LogP contribution in [0.4, 0.5) is 0 Å². The van der Waals surface area contributed by atoms with Crippen molar-refractivity contribution in [3.05, 3.63) is 222 Å². The van der Waals surface area contributed by atoms with Gasteiger partial charge < -0.3 is 4.42 Å². The van der Waals surface area contributed by atoms with Crippen molar-refractivity contribution in [2.24, 2.45) is 0 Å². The molecule has 0 saturated heterocycles. The lowest BCUT2D eigenvalue weighted by molar-refractivity contribution is 0.673. The second-order valence-electron chi connectivity index (χ2n) is 17.3. The van der Waals surface area contributed by atoms with Gasteiger partial charge in [-0.2, -0.15) is 0 Å². The van der Waals surface area contributed by atoms with Crippen molar-refractivity contribution in [1.29, 1.82) is 0 Å². The summed E-state index contributed by atoms with van der Waals surface area (Å²) in [4.78, 5) is 0. The lowest BCUT2D eigenvalue weighted by Gasteiger charge is -2.27. The quantitative estimate of drug-likeness (QED) is 0.145. The van der Waals surface area contributed by atoms with Crippen molar-refractivity contribution < 1.29 is 35.9 Å². The Morgan fingerprint density at radius 1 is 0.348 bits per heavy atom. The van der Waals surface area contributed by atoms with E-state index in [9.17, 15) is 20.6 Å². The number of fused-ring (bicyclic) bond motifs is 5. The highest BCUT2D eigenvalue weighted by Crippen LogP contribution is 2.48.